The Bertz CT molecular complexity index is 528. The summed E-state index contributed by atoms with van der Waals surface area (Å²) in [6, 6.07) is 0. The van der Waals surface area contributed by atoms with Crippen molar-refractivity contribution in [1.29, 1.82) is 0 Å². The molecule has 0 spiro atoms. The van der Waals surface area contributed by atoms with E-state index in [0.29, 0.717) is 45.2 Å². The van der Waals surface area contributed by atoms with Gasteiger partial charge in [0.25, 0.3) is 0 Å². The Kier molecular flexibility index (Phi) is 30.5. The number of rotatable bonds is 19. The van der Waals surface area contributed by atoms with Gasteiger partial charge in [-0.2, -0.15) is 0 Å². The molecule has 2 aliphatic carbocycles. The first-order valence-corrected chi connectivity index (χ1v) is 18.2. The van der Waals surface area contributed by atoms with Gasteiger partial charge in [0.15, 0.2) is 0 Å². The quantitative estimate of drug-likeness (QED) is 0.174. The Labute approximate surface area is 275 Å². The molecular weight excluding hydrogens is 580 g/mol. The predicted octanol–water partition coefficient (Wildman–Crippen LogP) is 5.75. The summed E-state index contributed by atoms with van der Waals surface area (Å²) in [4.78, 5) is 0. The van der Waals surface area contributed by atoms with Crippen molar-refractivity contribution >= 4 is 0 Å². The van der Waals surface area contributed by atoms with E-state index in [9.17, 15) is 5.11 Å². The fourth-order valence-electron chi connectivity index (χ4n) is 4.39. The van der Waals surface area contributed by atoms with Crippen LogP contribution in [0.4, 0.5) is 0 Å². The van der Waals surface area contributed by atoms with Crippen LogP contribution in [0.3, 0.4) is 0 Å². The Morgan fingerprint density at radius 2 is 0.778 bits per heavy atom. The molecule has 0 amide bonds. The van der Waals surface area contributed by atoms with Crippen molar-refractivity contribution in [1.82, 2.24) is 0 Å². The molecule has 0 aromatic rings. The second-order valence-corrected chi connectivity index (χ2v) is 11.9. The lowest BCUT2D eigenvalue weighted by Crippen LogP contribution is -2.31. The molecule has 3 saturated heterocycles. The lowest BCUT2D eigenvalue weighted by atomic mass is 10.0. The van der Waals surface area contributed by atoms with Gasteiger partial charge >= 0.3 is 0 Å². The van der Waals surface area contributed by atoms with Crippen LogP contribution in [0.15, 0.2) is 0 Å². The minimum atomic E-state index is -0.615. The molecule has 5 atom stereocenters. The molecule has 1 N–H and O–H groups in total. The van der Waals surface area contributed by atoms with Gasteiger partial charge in [0, 0.05) is 26.4 Å². The maximum Gasteiger partial charge on any atom is 0.104 e. The van der Waals surface area contributed by atoms with Crippen LogP contribution < -0.4 is 0 Å². The molecule has 0 aromatic carbocycles. The van der Waals surface area contributed by atoms with E-state index in [2.05, 4.69) is 0 Å². The van der Waals surface area contributed by atoms with Gasteiger partial charge in [-0.25, -0.2) is 0 Å². The molecule has 10 heteroatoms. The zero-order valence-corrected chi connectivity index (χ0v) is 29.4. The normalized spacial score (nSPS) is 24.1. The average Bonchev–Trinajstić information content (AvgIpc) is 3.94. The third kappa shape index (κ3) is 33.3. The van der Waals surface area contributed by atoms with E-state index in [0.717, 1.165) is 46.2 Å². The molecule has 5 aliphatic rings. The maximum atomic E-state index is 9.63. The van der Waals surface area contributed by atoms with E-state index in [1.54, 1.807) is 0 Å². The van der Waals surface area contributed by atoms with Crippen LogP contribution in [0.25, 0.3) is 0 Å². The number of epoxide rings is 3. The smallest absolute Gasteiger partial charge is 0.104 e. The monoisotopic (exact) mass is 650 g/mol. The van der Waals surface area contributed by atoms with E-state index in [-0.39, 0.29) is 25.4 Å². The molecule has 5 unspecified atom stereocenters. The molecule has 0 aromatic heterocycles. The summed E-state index contributed by atoms with van der Waals surface area (Å²) in [5, 5.41) is 9.63. The molecule has 45 heavy (non-hydrogen) atoms. The molecule has 270 valence electrons. The van der Waals surface area contributed by atoms with Gasteiger partial charge in [-0.05, 0) is 27.7 Å². The highest BCUT2D eigenvalue weighted by molar-refractivity contribution is 4.69. The predicted molar refractivity (Wildman–Crippen MR) is 177 cm³/mol. The van der Waals surface area contributed by atoms with Crippen molar-refractivity contribution in [3.63, 3.8) is 0 Å². The van der Waals surface area contributed by atoms with Gasteiger partial charge < -0.3 is 47.7 Å². The van der Waals surface area contributed by atoms with Crippen molar-refractivity contribution in [2.75, 3.05) is 92.5 Å². The number of aliphatic hydroxyl groups is 1. The van der Waals surface area contributed by atoms with Crippen LogP contribution in [-0.2, 0) is 42.6 Å². The van der Waals surface area contributed by atoms with E-state index in [1.165, 1.54) is 77.0 Å². The fraction of sp³-hybridized carbons (Fsp3) is 1.00. The van der Waals surface area contributed by atoms with Crippen LogP contribution in [0.5, 0.6) is 0 Å². The molecule has 0 bridgehead atoms. The Hall–Kier alpha value is -0.400. The van der Waals surface area contributed by atoms with Crippen LogP contribution in [0, 0.1) is 0 Å². The molecule has 3 heterocycles. The maximum absolute atomic E-state index is 9.63. The van der Waals surface area contributed by atoms with E-state index >= 15 is 0 Å². The summed E-state index contributed by atoms with van der Waals surface area (Å²) >= 11 is 0. The molecule has 5 rings (SSSR count). The van der Waals surface area contributed by atoms with Crippen molar-refractivity contribution in [3.05, 3.63) is 0 Å². The number of aliphatic hydroxyl groups excluding tert-OH is 1. The summed E-state index contributed by atoms with van der Waals surface area (Å²) in [6.45, 7) is 16.8. The zero-order chi connectivity index (χ0) is 32.6. The summed E-state index contributed by atoms with van der Waals surface area (Å²) in [6.07, 6.45) is 18.3. The fourth-order valence-corrected chi connectivity index (χ4v) is 4.39. The van der Waals surface area contributed by atoms with E-state index in [4.69, 9.17) is 42.6 Å². The average molecular weight is 651 g/mol. The number of hydrogen-bond donors (Lipinski definition) is 1. The SMILES string of the molecule is C1CCCCC1.C1CCCCC1.CCOCC(O)COC(COCC)COCC1CO1.CCOCC1CO1.CCOCC1CO1. The minimum Gasteiger partial charge on any atom is -0.388 e. The number of hydrogen-bond acceptors (Lipinski definition) is 10. The highest BCUT2D eigenvalue weighted by Gasteiger charge is 2.24. The van der Waals surface area contributed by atoms with E-state index in [1.807, 2.05) is 27.7 Å². The molecule has 3 aliphatic heterocycles. The molecule has 0 radical (unpaired) electrons. The molecule has 10 nitrogen and oxygen atoms in total. The van der Waals surface area contributed by atoms with Crippen LogP contribution in [0.1, 0.15) is 105 Å². The minimum absolute atomic E-state index is 0.171. The summed E-state index contributed by atoms with van der Waals surface area (Å²) in [5.74, 6) is 0. The third-order valence-electron chi connectivity index (χ3n) is 7.38. The van der Waals surface area contributed by atoms with Crippen LogP contribution >= 0.6 is 0 Å². The van der Waals surface area contributed by atoms with Gasteiger partial charge in [0.2, 0.25) is 0 Å². The zero-order valence-electron chi connectivity index (χ0n) is 29.4. The second-order valence-electron chi connectivity index (χ2n) is 11.9. The molecule has 2 saturated carbocycles. The standard InChI is InChI=1S/C13H26O6.2C6H12.2C5H10O2/c1-3-15-5-11(14)6-18-12(7-16-4-2)8-17-9-13-10-19-13;2*1-2-4-6-5-3-1;2*1-2-6-3-5-4-7-5/h11-14H,3-10H2,1-2H3;2*1-6H2;2*5H,2-4H2,1H3. The topological polar surface area (TPSA) is 113 Å². The Morgan fingerprint density at radius 3 is 1.11 bits per heavy atom. The lowest BCUT2D eigenvalue weighted by molar-refractivity contribution is -0.0921. The molecular formula is C35H70O10. The highest BCUT2D eigenvalue weighted by Crippen LogP contribution is 2.16. The van der Waals surface area contributed by atoms with Gasteiger partial charge in [-0.3, -0.25) is 0 Å². The molecule has 5 fully saturated rings. The van der Waals surface area contributed by atoms with Gasteiger partial charge in [0.05, 0.1) is 66.1 Å². The Balaban J connectivity index is 0.000000317. The Morgan fingerprint density at radius 1 is 0.467 bits per heavy atom. The van der Waals surface area contributed by atoms with Crippen LogP contribution in [0.2, 0.25) is 0 Å². The number of ether oxygens (including phenoxy) is 9. The first kappa shape index (κ1) is 42.6. The largest absolute Gasteiger partial charge is 0.388 e. The first-order chi connectivity index (χ1) is 22.1. The van der Waals surface area contributed by atoms with Gasteiger partial charge in [-0.1, -0.05) is 77.0 Å². The summed E-state index contributed by atoms with van der Waals surface area (Å²) < 4.78 is 46.4. The third-order valence-corrected chi connectivity index (χ3v) is 7.38. The summed E-state index contributed by atoms with van der Waals surface area (Å²) in [5.41, 5.74) is 0. The second kappa shape index (κ2) is 32.2. The van der Waals surface area contributed by atoms with Crippen LogP contribution in [-0.4, -0.2) is 128 Å². The van der Waals surface area contributed by atoms with Gasteiger partial charge in [-0.15, -0.1) is 0 Å². The van der Waals surface area contributed by atoms with Crippen molar-refractivity contribution < 1.29 is 47.7 Å². The van der Waals surface area contributed by atoms with Crippen molar-refractivity contribution in [2.24, 2.45) is 0 Å². The van der Waals surface area contributed by atoms with Crippen molar-refractivity contribution in [2.45, 2.75) is 135 Å². The van der Waals surface area contributed by atoms with Crippen molar-refractivity contribution in [3.8, 4) is 0 Å². The van der Waals surface area contributed by atoms with Gasteiger partial charge in [0.1, 0.15) is 30.5 Å². The first-order valence-electron chi connectivity index (χ1n) is 18.2. The summed E-state index contributed by atoms with van der Waals surface area (Å²) in [7, 11) is 0. The highest BCUT2D eigenvalue weighted by atomic mass is 16.6. The van der Waals surface area contributed by atoms with E-state index < -0.39 is 6.10 Å². The lowest BCUT2D eigenvalue weighted by Gasteiger charge is -2.19.